The predicted molar refractivity (Wildman–Crippen MR) is 59.4 cm³/mol. The molecule has 1 aliphatic carbocycles. The van der Waals surface area contributed by atoms with Gasteiger partial charge in [0, 0.05) is 15.4 Å². The molecule has 0 saturated heterocycles. The first-order valence-corrected chi connectivity index (χ1v) is 6.29. The zero-order valence-corrected chi connectivity index (χ0v) is 10.4. The lowest BCUT2D eigenvalue weighted by Gasteiger charge is -2.05. The Labute approximate surface area is 92.6 Å². The van der Waals surface area contributed by atoms with Gasteiger partial charge in [-0.15, -0.1) is 11.3 Å². The molecule has 0 aromatic carbocycles. The molecular weight excluding hydrogens is 302 g/mol. The molecule has 2 rings (SSSR count). The van der Waals surface area contributed by atoms with Gasteiger partial charge >= 0.3 is 0 Å². The Morgan fingerprint density at radius 2 is 2.17 bits per heavy atom. The molecule has 1 fully saturated rings. The highest BCUT2D eigenvalue weighted by molar-refractivity contribution is 9.13. The quantitative estimate of drug-likeness (QED) is 0.886. The second-order valence-electron chi connectivity index (χ2n) is 3.13. The van der Waals surface area contributed by atoms with Gasteiger partial charge in [0.2, 0.25) is 0 Å². The maximum Gasteiger partial charge on any atom is 0.0843 e. The van der Waals surface area contributed by atoms with Crippen molar-refractivity contribution in [3.63, 3.8) is 0 Å². The van der Waals surface area contributed by atoms with Crippen molar-refractivity contribution in [1.82, 2.24) is 0 Å². The number of hydrogen-bond acceptors (Lipinski definition) is 2. The molecule has 1 aromatic rings. The van der Waals surface area contributed by atoms with E-state index in [4.69, 9.17) is 5.73 Å². The van der Waals surface area contributed by atoms with Crippen molar-refractivity contribution in [2.75, 3.05) is 0 Å². The van der Waals surface area contributed by atoms with Gasteiger partial charge in [0.1, 0.15) is 0 Å². The summed E-state index contributed by atoms with van der Waals surface area (Å²) < 4.78 is 2.27. The summed E-state index contributed by atoms with van der Waals surface area (Å²) in [6.07, 6.45) is 2.60. The van der Waals surface area contributed by atoms with Gasteiger partial charge in [-0.05, 0) is 56.7 Å². The third kappa shape index (κ3) is 1.76. The SMILES string of the molecule is N[C@@H](c1cc(Br)c(Br)s1)C1CC1. The number of halogens is 2. The second kappa shape index (κ2) is 3.40. The van der Waals surface area contributed by atoms with E-state index in [2.05, 4.69) is 37.9 Å². The Bertz CT molecular complexity index is 274. The van der Waals surface area contributed by atoms with E-state index in [0.29, 0.717) is 0 Å². The first kappa shape index (κ1) is 9.19. The fourth-order valence-corrected chi connectivity index (χ4v) is 3.40. The summed E-state index contributed by atoms with van der Waals surface area (Å²) in [6, 6.07) is 2.38. The van der Waals surface area contributed by atoms with E-state index in [9.17, 15) is 0 Å². The number of thiophene rings is 1. The molecule has 1 saturated carbocycles. The smallest absolute Gasteiger partial charge is 0.0843 e. The maximum atomic E-state index is 6.05. The highest BCUT2D eigenvalue weighted by atomic mass is 79.9. The first-order valence-electron chi connectivity index (χ1n) is 3.89. The monoisotopic (exact) mass is 309 g/mol. The van der Waals surface area contributed by atoms with Crippen molar-refractivity contribution in [2.24, 2.45) is 11.7 Å². The lowest BCUT2D eigenvalue weighted by Crippen LogP contribution is -2.10. The first-order chi connectivity index (χ1) is 5.68. The molecule has 2 N–H and O–H groups in total. The Morgan fingerprint density at radius 3 is 2.58 bits per heavy atom. The minimum Gasteiger partial charge on any atom is -0.323 e. The summed E-state index contributed by atoms with van der Waals surface area (Å²) in [4.78, 5) is 1.29. The minimum atomic E-state index is 0.262. The zero-order valence-electron chi connectivity index (χ0n) is 6.39. The van der Waals surface area contributed by atoms with Gasteiger partial charge in [-0.2, -0.15) is 0 Å². The van der Waals surface area contributed by atoms with E-state index in [-0.39, 0.29) is 6.04 Å². The lowest BCUT2D eigenvalue weighted by molar-refractivity contribution is 0.644. The molecule has 0 spiro atoms. The molecule has 12 heavy (non-hydrogen) atoms. The van der Waals surface area contributed by atoms with Crippen LogP contribution in [-0.4, -0.2) is 0 Å². The van der Waals surface area contributed by atoms with Gasteiger partial charge in [0.25, 0.3) is 0 Å². The van der Waals surface area contributed by atoms with Gasteiger partial charge in [-0.25, -0.2) is 0 Å². The number of rotatable bonds is 2. The summed E-state index contributed by atoms with van der Waals surface area (Å²) in [5, 5.41) is 0. The Morgan fingerprint density at radius 1 is 1.50 bits per heavy atom. The summed E-state index contributed by atoms with van der Waals surface area (Å²) >= 11 is 8.67. The standard InChI is InChI=1S/C8H9Br2NS/c9-5-3-6(12-8(5)10)7(11)4-1-2-4/h3-4,7H,1-2,11H2/t7-/m1/s1. The molecule has 0 bridgehead atoms. The van der Waals surface area contributed by atoms with Crippen LogP contribution in [0, 0.1) is 5.92 Å². The van der Waals surface area contributed by atoms with Gasteiger partial charge in [-0.3, -0.25) is 0 Å². The van der Waals surface area contributed by atoms with E-state index < -0.39 is 0 Å². The van der Waals surface area contributed by atoms with Crippen molar-refractivity contribution in [3.8, 4) is 0 Å². The van der Waals surface area contributed by atoms with Crippen molar-refractivity contribution in [1.29, 1.82) is 0 Å². The third-order valence-corrected chi connectivity index (χ3v) is 5.48. The molecule has 0 amide bonds. The van der Waals surface area contributed by atoms with E-state index >= 15 is 0 Å². The van der Waals surface area contributed by atoms with E-state index in [1.54, 1.807) is 11.3 Å². The maximum absolute atomic E-state index is 6.05. The highest BCUT2D eigenvalue weighted by Gasteiger charge is 2.30. The molecule has 4 heteroatoms. The van der Waals surface area contributed by atoms with Crippen LogP contribution in [0.3, 0.4) is 0 Å². The van der Waals surface area contributed by atoms with Crippen molar-refractivity contribution in [2.45, 2.75) is 18.9 Å². The molecule has 66 valence electrons. The van der Waals surface area contributed by atoms with Crippen LogP contribution >= 0.6 is 43.2 Å². The van der Waals surface area contributed by atoms with Gasteiger partial charge in [-0.1, -0.05) is 0 Å². The number of nitrogens with two attached hydrogens (primary N) is 1. The Kier molecular flexibility index (Phi) is 2.61. The highest BCUT2D eigenvalue weighted by Crippen LogP contribution is 2.44. The fourth-order valence-electron chi connectivity index (χ4n) is 1.22. The Balaban J connectivity index is 2.21. The van der Waals surface area contributed by atoms with Crippen LogP contribution in [0.25, 0.3) is 0 Å². The summed E-state index contributed by atoms with van der Waals surface area (Å²) in [5.41, 5.74) is 6.05. The van der Waals surface area contributed by atoms with Crippen molar-refractivity contribution in [3.05, 3.63) is 19.2 Å². The minimum absolute atomic E-state index is 0.262. The Hall–Kier alpha value is 0.620. The van der Waals surface area contributed by atoms with Gasteiger partial charge in [0.05, 0.1) is 3.79 Å². The molecule has 1 aliphatic rings. The van der Waals surface area contributed by atoms with Crippen LogP contribution in [0.1, 0.15) is 23.8 Å². The second-order valence-corrected chi connectivity index (χ2v) is 6.39. The molecule has 0 radical (unpaired) electrons. The van der Waals surface area contributed by atoms with Crippen LogP contribution in [0.15, 0.2) is 14.3 Å². The fraction of sp³-hybridized carbons (Fsp3) is 0.500. The molecule has 1 atom stereocenters. The molecular formula is C8H9Br2NS. The van der Waals surface area contributed by atoms with E-state index in [0.717, 1.165) is 14.2 Å². The predicted octanol–water partition coefficient (Wildman–Crippen LogP) is 3.68. The summed E-state index contributed by atoms with van der Waals surface area (Å²) in [7, 11) is 0. The number of hydrogen-bond donors (Lipinski definition) is 1. The average molecular weight is 311 g/mol. The summed E-state index contributed by atoms with van der Waals surface area (Å²) in [6.45, 7) is 0. The van der Waals surface area contributed by atoms with Gasteiger partial charge in [0.15, 0.2) is 0 Å². The zero-order chi connectivity index (χ0) is 8.72. The molecule has 1 aromatic heterocycles. The largest absolute Gasteiger partial charge is 0.323 e. The van der Waals surface area contributed by atoms with Crippen molar-refractivity contribution < 1.29 is 0 Å². The third-order valence-electron chi connectivity index (χ3n) is 2.12. The van der Waals surface area contributed by atoms with Gasteiger partial charge < -0.3 is 5.73 Å². The van der Waals surface area contributed by atoms with Crippen LogP contribution in [0.5, 0.6) is 0 Å². The molecule has 1 nitrogen and oxygen atoms in total. The summed E-state index contributed by atoms with van der Waals surface area (Å²) in [5.74, 6) is 0.738. The normalized spacial score (nSPS) is 19.6. The molecule has 0 unspecified atom stereocenters. The van der Waals surface area contributed by atoms with Crippen LogP contribution < -0.4 is 5.73 Å². The molecule has 0 aliphatic heterocycles. The van der Waals surface area contributed by atoms with E-state index in [1.165, 1.54) is 17.7 Å². The van der Waals surface area contributed by atoms with E-state index in [1.807, 2.05) is 0 Å². The topological polar surface area (TPSA) is 26.0 Å². The molecule has 1 heterocycles. The van der Waals surface area contributed by atoms with Crippen LogP contribution in [0.2, 0.25) is 0 Å². The van der Waals surface area contributed by atoms with Crippen LogP contribution in [-0.2, 0) is 0 Å². The average Bonchev–Trinajstić information content (AvgIpc) is 2.80. The van der Waals surface area contributed by atoms with Crippen LogP contribution in [0.4, 0.5) is 0 Å². The lowest BCUT2D eigenvalue weighted by atomic mass is 10.2. The van der Waals surface area contributed by atoms with Crippen molar-refractivity contribution >= 4 is 43.2 Å².